The van der Waals surface area contributed by atoms with E-state index >= 15 is 0 Å². The third-order valence-corrected chi connectivity index (χ3v) is 6.79. The van der Waals surface area contributed by atoms with Gasteiger partial charge in [0, 0.05) is 23.8 Å². The fourth-order valence-electron chi connectivity index (χ4n) is 4.74. The van der Waals surface area contributed by atoms with Crippen molar-refractivity contribution >= 4 is 22.5 Å². The van der Waals surface area contributed by atoms with Crippen LogP contribution < -0.4 is 10.1 Å². The summed E-state index contributed by atoms with van der Waals surface area (Å²) < 4.78 is 5.63. The van der Waals surface area contributed by atoms with Crippen LogP contribution in [-0.2, 0) is 16.6 Å². The third kappa shape index (κ3) is 3.02. The Labute approximate surface area is 181 Å². The number of nitrogens with one attached hydrogen (secondary N) is 2. The Morgan fingerprint density at radius 2 is 1.94 bits per heavy atom. The van der Waals surface area contributed by atoms with E-state index in [1.807, 2.05) is 18.3 Å². The molecule has 4 heteroatoms. The lowest BCUT2D eigenvalue weighted by molar-refractivity contribution is -0.118. The molecule has 3 aromatic carbocycles. The first-order chi connectivity index (χ1) is 15.1. The molecule has 0 saturated heterocycles. The van der Waals surface area contributed by atoms with Gasteiger partial charge in [-0.25, -0.2) is 0 Å². The number of anilines is 1. The van der Waals surface area contributed by atoms with Gasteiger partial charge in [0.25, 0.3) is 0 Å². The summed E-state index contributed by atoms with van der Waals surface area (Å²) in [5.74, 6) is 1.05. The maximum absolute atomic E-state index is 13.3. The predicted molar refractivity (Wildman–Crippen MR) is 124 cm³/mol. The molecule has 31 heavy (non-hydrogen) atoms. The van der Waals surface area contributed by atoms with Crippen LogP contribution >= 0.6 is 0 Å². The number of hydrogen-bond donors (Lipinski definition) is 2. The van der Waals surface area contributed by atoms with Gasteiger partial charge in [-0.2, -0.15) is 0 Å². The molecule has 0 spiro atoms. The normalized spacial score (nSPS) is 16.0. The maximum Gasteiger partial charge on any atom is 0.235 e. The van der Waals surface area contributed by atoms with E-state index in [0.29, 0.717) is 0 Å². The Balaban J connectivity index is 1.29. The monoisotopic (exact) mass is 408 g/mol. The molecule has 0 atom stereocenters. The van der Waals surface area contributed by atoms with Crippen molar-refractivity contribution in [3.63, 3.8) is 0 Å². The second kappa shape index (κ2) is 6.74. The molecule has 1 amide bonds. The summed E-state index contributed by atoms with van der Waals surface area (Å²) in [6.07, 6.45) is 4.66. The van der Waals surface area contributed by atoms with Gasteiger partial charge in [0.1, 0.15) is 5.75 Å². The summed E-state index contributed by atoms with van der Waals surface area (Å²) in [5.41, 5.74) is 7.37. The molecule has 6 rings (SSSR count). The third-order valence-electron chi connectivity index (χ3n) is 6.79. The van der Waals surface area contributed by atoms with Crippen molar-refractivity contribution in [2.24, 2.45) is 0 Å². The van der Waals surface area contributed by atoms with E-state index in [2.05, 4.69) is 65.8 Å². The average Bonchev–Trinajstić information content (AvgIpc) is 3.24. The minimum absolute atomic E-state index is 0.0854. The Morgan fingerprint density at radius 3 is 2.81 bits per heavy atom. The van der Waals surface area contributed by atoms with Crippen molar-refractivity contribution in [1.82, 2.24) is 4.98 Å². The number of amides is 1. The molecule has 1 aliphatic carbocycles. The molecule has 2 N–H and O–H groups in total. The van der Waals surface area contributed by atoms with Crippen molar-refractivity contribution in [3.8, 4) is 16.9 Å². The first kappa shape index (κ1) is 18.3. The van der Waals surface area contributed by atoms with Crippen LogP contribution in [0.2, 0.25) is 0 Å². The van der Waals surface area contributed by atoms with Crippen LogP contribution in [0, 0.1) is 6.92 Å². The molecule has 2 heterocycles. The topological polar surface area (TPSA) is 54.1 Å². The highest BCUT2D eigenvalue weighted by Crippen LogP contribution is 2.50. The van der Waals surface area contributed by atoms with E-state index in [9.17, 15) is 4.79 Å². The lowest BCUT2D eigenvalue weighted by Gasteiger charge is -2.18. The van der Waals surface area contributed by atoms with Crippen molar-refractivity contribution in [1.29, 1.82) is 0 Å². The molecular formula is C27H24N2O2. The van der Waals surface area contributed by atoms with Gasteiger partial charge in [0.15, 0.2) is 0 Å². The second-order valence-electron chi connectivity index (χ2n) is 8.77. The highest BCUT2D eigenvalue weighted by molar-refractivity contribution is 6.02. The lowest BCUT2D eigenvalue weighted by Crippen LogP contribution is -2.27. The van der Waals surface area contributed by atoms with Crippen molar-refractivity contribution in [3.05, 3.63) is 83.6 Å². The Hall–Kier alpha value is -3.53. The highest BCUT2D eigenvalue weighted by Gasteiger charge is 2.51. The zero-order valence-electron chi connectivity index (χ0n) is 17.5. The van der Waals surface area contributed by atoms with E-state index in [-0.39, 0.29) is 5.91 Å². The number of carbonyl (C=O) groups excluding carboxylic acids is 1. The molecule has 4 nitrogen and oxygen atoms in total. The van der Waals surface area contributed by atoms with E-state index < -0.39 is 5.41 Å². The van der Waals surface area contributed by atoms with E-state index in [1.54, 1.807) is 0 Å². The predicted octanol–water partition coefficient (Wildman–Crippen LogP) is 5.75. The van der Waals surface area contributed by atoms with Gasteiger partial charge in [-0.3, -0.25) is 4.79 Å². The molecule has 0 unspecified atom stereocenters. The highest BCUT2D eigenvalue weighted by atomic mass is 16.5. The molecule has 4 aromatic rings. The van der Waals surface area contributed by atoms with Gasteiger partial charge in [-0.05, 0) is 89.4 Å². The SMILES string of the molecule is Cc1ccc(NC(=O)C2(c3ccc4c(c3)CCO4)CC2)cc1-c1ccc2[nH]ccc2c1. The van der Waals surface area contributed by atoms with E-state index in [0.717, 1.165) is 59.5 Å². The Bertz CT molecular complexity index is 1330. The van der Waals surface area contributed by atoms with Crippen molar-refractivity contribution < 1.29 is 9.53 Å². The van der Waals surface area contributed by atoms with Crippen LogP contribution in [0.15, 0.2) is 66.9 Å². The molecule has 1 aliphatic heterocycles. The number of aryl methyl sites for hydroxylation is 1. The quantitative estimate of drug-likeness (QED) is 0.452. The molecule has 1 saturated carbocycles. The van der Waals surface area contributed by atoms with Crippen LogP contribution in [0.1, 0.15) is 29.5 Å². The molecule has 154 valence electrons. The van der Waals surface area contributed by atoms with Crippen LogP contribution in [-0.4, -0.2) is 17.5 Å². The van der Waals surface area contributed by atoms with Crippen molar-refractivity contribution in [2.75, 3.05) is 11.9 Å². The zero-order valence-corrected chi connectivity index (χ0v) is 17.5. The van der Waals surface area contributed by atoms with Crippen LogP contribution in [0.3, 0.4) is 0 Å². The number of hydrogen-bond acceptors (Lipinski definition) is 2. The number of H-pyrrole nitrogens is 1. The number of rotatable bonds is 4. The number of benzene rings is 3. The average molecular weight is 409 g/mol. The maximum atomic E-state index is 13.3. The van der Waals surface area contributed by atoms with Crippen LogP contribution in [0.25, 0.3) is 22.0 Å². The molecule has 2 aliphatic rings. The van der Waals surface area contributed by atoms with Gasteiger partial charge in [0.2, 0.25) is 5.91 Å². The van der Waals surface area contributed by atoms with E-state index in [1.165, 1.54) is 16.5 Å². The first-order valence-electron chi connectivity index (χ1n) is 10.9. The standard InChI is InChI=1S/C27H24N2O2/c1-17-2-5-22(16-23(17)18-3-6-24-19(14-18)8-12-28-24)29-26(30)27(10-11-27)21-4-7-25-20(15-21)9-13-31-25/h2-8,12,14-16,28H,9-11,13H2,1H3,(H,29,30). The molecule has 1 aromatic heterocycles. The Morgan fingerprint density at radius 1 is 1.03 bits per heavy atom. The number of carbonyl (C=O) groups is 1. The first-order valence-corrected chi connectivity index (χ1v) is 10.9. The van der Waals surface area contributed by atoms with Crippen molar-refractivity contribution in [2.45, 2.75) is 31.6 Å². The number of fused-ring (bicyclic) bond motifs is 2. The fourth-order valence-corrected chi connectivity index (χ4v) is 4.74. The number of aromatic nitrogens is 1. The summed E-state index contributed by atoms with van der Waals surface area (Å²) in [7, 11) is 0. The number of aromatic amines is 1. The fraction of sp³-hybridized carbons (Fsp3) is 0.222. The summed E-state index contributed by atoms with van der Waals surface area (Å²) in [5, 5.41) is 4.39. The largest absolute Gasteiger partial charge is 0.493 e. The molecule has 0 bridgehead atoms. The minimum atomic E-state index is -0.410. The lowest BCUT2D eigenvalue weighted by atomic mass is 9.92. The van der Waals surface area contributed by atoms with Gasteiger partial charge < -0.3 is 15.0 Å². The summed E-state index contributed by atoms with van der Waals surface area (Å²) in [4.78, 5) is 16.6. The zero-order chi connectivity index (χ0) is 21.0. The van der Waals surface area contributed by atoms with Gasteiger partial charge in [0.05, 0.1) is 12.0 Å². The van der Waals surface area contributed by atoms with Gasteiger partial charge in [-0.15, -0.1) is 0 Å². The minimum Gasteiger partial charge on any atom is -0.493 e. The summed E-state index contributed by atoms with van der Waals surface area (Å²) >= 11 is 0. The Kier molecular flexibility index (Phi) is 3.97. The van der Waals surface area contributed by atoms with E-state index in [4.69, 9.17) is 4.74 Å². The van der Waals surface area contributed by atoms with Gasteiger partial charge >= 0.3 is 0 Å². The van der Waals surface area contributed by atoms with Gasteiger partial charge in [-0.1, -0.05) is 24.3 Å². The molecule has 0 radical (unpaired) electrons. The smallest absolute Gasteiger partial charge is 0.235 e. The summed E-state index contributed by atoms with van der Waals surface area (Å²) in [6, 6.07) is 20.9. The number of ether oxygens (including phenoxy) is 1. The molecular weight excluding hydrogens is 384 g/mol. The summed E-state index contributed by atoms with van der Waals surface area (Å²) in [6.45, 7) is 2.84. The van der Waals surface area contributed by atoms with Crippen LogP contribution in [0.4, 0.5) is 5.69 Å². The van der Waals surface area contributed by atoms with Crippen LogP contribution in [0.5, 0.6) is 5.75 Å². The molecule has 1 fully saturated rings. The second-order valence-corrected chi connectivity index (χ2v) is 8.77.